The number of halogens is 1. The lowest BCUT2D eigenvalue weighted by Crippen LogP contribution is -2.60. The van der Waals surface area contributed by atoms with Crippen molar-refractivity contribution in [1.29, 1.82) is 0 Å². The van der Waals surface area contributed by atoms with E-state index in [-0.39, 0.29) is 17.9 Å². The molecule has 0 radical (unpaired) electrons. The molecular weight excluding hydrogens is 462 g/mol. The second-order valence-electron chi connectivity index (χ2n) is 10.5. The van der Waals surface area contributed by atoms with Crippen LogP contribution in [0.5, 0.6) is 0 Å². The van der Waals surface area contributed by atoms with Crippen LogP contribution < -0.4 is 15.5 Å². The third-order valence-electron chi connectivity index (χ3n) is 6.51. The summed E-state index contributed by atoms with van der Waals surface area (Å²) in [4.78, 5) is 28.9. The summed E-state index contributed by atoms with van der Waals surface area (Å²) in [6, 6.07) is 11.8. The molecule has 6 nitrogen and oxygen atoms in total. The van der Waals surface area contributed by atoms with E-state index in [4.69, 9.17) is 16.3 Å². The van der Waals surface area contributed by atoms with Gasteiger partial charge >= 0.3 is 6.09 Å². The van der Waals surface area contributed by atoms with Crippen LogP contribution >= 0.6 is 11.6 Å². The molecule has 0 saturated heterocycles. The molecule has 35 heavy (non-hydrogen) atoms. The fourth-order valence-electron chi connectivity index (χ4n) is 4.46. The third kappa shape index (κ3) is 6.49. The smallest absolute Gasteiger partial charge is 0.408 e. The molecule has 2 aromatic carbocycles. The highest BCUT2D eigenvalue weighted by Gasteiger charge is 2.44. The maximum absolute atomic E-state index is 13.8. The topological polar surface area (TPSA) is 70.7 Å². The highest BCUT2D eigenvalue weighted by molar-refractivity contribution is 6.31. The van der Waals surface area contributed by atoms with Gasteiger partial charge < -0.3 is 20.3 Å². The number of fused-ring (bicyclic) bond motifs is 1. The predicted octanol–water partition coefficient (Wildman–Crippen LogP) is 6.13. The Bertz CT molecular complexity index is 1080. The number of anilines is 2. The van der Waals surface area contributed by atoms with E-state index in [1.807, 2.05) is 58.0 Å². The normalized spacial score (nSPS) is 17.3. The van der Waals surface area contributed by atoms with Crippen LogP contribution in [0.15, 0.2) is 36.4 Å². The molecule has 3 rings (SSSR count). The predicted molar refractivity (Wildman–Crippen MR) is 144 cm³/mol. The number of rotatable bonds is 7. The maximum atomic E-state index is 13.8. The first kappa shape index (κ1) is 26.9. The van der Waals surface area contributed by atoms with E-state index >= 15 is 0 Å². The van der Waals surface area contributed by atoms with E-state index in [2.05, 4.69) is 35.4 Å². The van der Waals surface area contributed by atoms with E-state index in [0.717, 1.165) is 41.2 Å². The molecule has 0 aromatic heterocycles. The zero-order chi connectivity index (χ0) is 25.8. The fourth-order valence-corrected chi connectivity index (χ4v) is 4.72. The summed E-state index contributed by atoms with van der Waals surface area (Å²) in [6.45, 7) is 14.3. The van der Waals surface area contributed by atoms with Gasteiger partial charge in [0.25, 0.3) is 5.91 Å². The Morgan fingerprint density at radius 1 is 1.14 bits per heavy atom. The van der Waals surface area contributed by atoms with Gasteiger partial charge in [0.05, 0.1) is 6.61 Å². The van der Waals surface area contributed by atoms with E-state index in [1.165, 1.54) is 0 Å². The van der Waals surface area contributed by atoms with Crippen molar-refractivity contribution < 1.29 is 14.3 Å². The Kier molecular flexibility index (Phi) is 8.37. The largest absolute Gasteiger partial charge is 0.449 e. The molecular formula is C28H38ClN3O3. The molecule has 0 fully saturated rings. The molecule has 2 amide bonds. The van der Waals surface area contributed by atoms with Gasteiger partial charge in [-0.2, -0.15) is 0 Å². The van der Waals surface area contributed by atoms with E-state index in [0.29, 0.717) is 24.3 Å². The summed E-state index contributed by atoms with van der Waals surface area (Å²) in [5, 5.41) is 6.60. The van der Waals surface area contributed by atoms with Crippen LogP contribution in [-0.2, 0) is 22.4 Å². The van der Waals surface area contributed by atoms with Crippen LogP contribution in [0.25, 0.3) is 0 Å². The number of carbonyl (C=O) groups excluding carboxylic acids is 2. The molecule has 0 saturated carbocycles. The van der Waals surface area contributed by atoms with Crippen molar-refractivity contribution in [2.24, 2.45) is 5.41 Å². The molecule has 1 atom stereocenters. The fraction of sp³-hybridized carbons (Fsp3) is 0.500. The molecule has 1 unspecified atom stereocenters. The van der Waals surface area contributed by atoms with Gasteiger partial charge in [-0.15, -0.1) is 0 Å². The monoisotopic (exact) mass is 499 g/mol. The lowest BCUT2D eigenvalue weighted by molar-refractivity contribution is -0.122. The second kappa shape index (κ2) is 10.9. The van der Waals surface area contributed by atoms with Gasteiger partial charge in [0.15, 0.2) is 0 Å². The molecule has 2 aromatic rings. The number of hydrogen-bond donors (Lipinski definition) is 2. The molecule has 0 aliphatic heterocycles. The third-order valence-corrected chi connectivity index (χ3v) is 6.87. The van der Waals surface area contributed by atoms with Crippen LogP contribution in [0.2, 0.25) is 5.02 Å². The number of ether oxygens (including phenoxy) is 1. The molecule has 1 aliphatic rings. The second-order valence-corrected chi connectivity index (χ2v) is 10.9. The van der Waals surface area contributed by atoms with Crippen molar-refractivity contribution in [3.63, 3.8) is 0 Å². The molecule has 1 aliphatic carbocycles. The summed E-state index contributed by atoms with van der Waals surface area (Å²) < 4.78 is 5.47. The average molecular weight is 500 g/mol. The van der Waals surface area contributed by atoms with Crippen molar-refractivity contribution >= 4 is 35.0 Å². The molecule has 190 valence electrons. The summed E-state index contributed by atoms with van der Waals surface area (Å²) in [5.41, 5.74) is 3.44. The van der Waals surface area contributed by atoms with Gasteiger partial charge in [-0.3, -0.25) is 4.79 Å². The molecule has 2 N–H and O–H groups in total. The van der Waals surface area contributed by atoms with Gasteiger partial charge in [0.1, 0.15) is 5.54 Å². The number of benzene rings is 2. The number of alkyl carbamates (subject to hydrolysis) is 1. The standard InChI is InChI=1S/C28H38ClN3O3/c1-7-32(8-2)21-12-13-24(19(3)16-21)30-25(33)28(31-26(34)35-18-27(4,5)6)15-14-20-10-9-11-23(29)22(20)17-28/h9-13,16H,7-8,14-15,17-18H2,1-6H3,(H,30,33)(H,31,34). The minimum absolute atomic E-state index is 0.182. The Morgan fingerprint density at radius 3 is 2.49 bits per heavy atom. The van der Waals surface area contributed by atoms with Gasteiger partial charge in [-0.25, -0.2) is 4.79 Å². The molecule has 0 spiro atoms. The summed E-state index contributed by atoms with van der Waals surface area (Å²) >= 11 is 6.51. The van der Waals surface area contributed by atoms with E-state index in [1.54, 1.807) is 0 Å². The number of nitrogens with one attached hydrogen (secondary N) is 2. The quantitative estimate of drug-likeness (QED) is 0.480. The zero-order valence-electron chi connectivity index (χ0n) is 21.8. The van der Waals surface area contributed by atoms with Gasteiger partial charge in [0, 0.05) is 35.9 Å². The average Bonchev–Trinajstić information content (AvgIpc) is 2.80. The molecule has 0 heterocycles. The first-order chi connectivity index (χ1) is 16.5. The molecule has 7 heteroatoms. The van der Waals surface area contributed by atoms with E-state index < -0.39 is 11.6 Å². The number of amides is 2. The number of aryl methyl sites for hydroxylation is 2. The molecule has 0 bridgehead atoms. The van der Waals surface area contributed by atoms with Crippen molar-refractivity contribution in [2.45, 2.75) is 66.3 Å². The highest BCUT2D eigenvalue weighted by atomic mass is 35.5. The first-order valence-electron chi connectivity index (χ1n) is 12.4. The summed E-state index contributed by atoms with van der Waals surface area (Å²) in [6.07, 6.45) is 0.782. The van der Waals surface area contributed by atoms with Crippen molar-refractivity contribution in [1.82, 2.24) is 5.32 Å². The Balaban J connectivity index is 1.89. The van der Waals surface area contributed by atoms with Crippen molar-refractivity contribution in [2.75, 3.05) is 29.9 Å². The van der Waals surface area contributed by atoms with Gasteiger partial charge in [0.2, 0.25) is 0 Å². The summed E-state index contributed by atoms with van der Waals surface area (Å²) in [7, 11) is 0. The maximum Gasteiger partial charge on any atom is 0.408 e. The number of carbonyl (C=O) groups is 2. The Labute approximate surface area is 214 Å². The van der Waals surface area contributed by atoms with Crippen LogP contribution in [0, 0.1) is 12.3 Å². The minimum Gasteiger partial charge on any atom is -0.449 e. The van der Waals surface area contributed by atoms with Crippen LogP contribution in [0.3, 0.4) is 0 Å². The SMILES string of the molecule is CCN(CC)c1ccc(NC(=O)C2(NC(=O)OCC(C)(C)C)CCc3cccc(Cl)c3C2)c(C)c1. The van der Waals surface area contributed by atoms with Gasteiger partial charge in [-0.1, -0.05) is 44.5 Å². The first-order valence-corrected chi connectivity index (χ1v) is 12.7. The number of nitrogens with zero attached hydrogens (tertiary/aromatic N) is 1. The van der Waals surface area contributed by atoms with Crippen molar-refractivity contribution in [3.05, 3.63) is 58.1 Å². The van der Waals surface area contributed by atoms with Crippen LogP contribution in [-0.4, -0.2) is 37.2 Å². The Hall–Kier alpha value is -2.73. The van der Waals surface area contributed by atoms with Gasteiger partial charge in [-0.05, 0) is 80.0 Å². The lowest BCUT2D eigenvalue weighted by atomic mass is 9.77. The number of hydrogen-bond acceptors (Lipinski definition) is 4. The van der Waals surface area contributed by atoms with Crippen molar-refractivity contribution in [3.8, 4) is 0 Å². The van der Waals surface area contributed by atoms with E-state index in [9.17, 15) is 9.59 Å². The highest BCUT2D eigenvalue weighted by Crippen LogP contribution is 2.35. The minimum atomic E-state index is -1.17. The Morgan fingerprint density at radius 2 is 1.86 bits per heavy atom. The van der Waals surface area contributed by atoms with Crippen LogP contribution in [0.4, 0.5) is 16.2 Å². The lowest BCUT2D eigenvalue weighted by Gasteiger charge is -2.38. The van der Waals surface area contributed by atoms with Crippen LogP contribution in [0.1, 0.15) is 57.7 Å². The zero-order valence-corrected chi connectivity index (χ0v) is 22.5. The summed E-state index contributed by atoms with van der Waals surface area (Å²) in [5.74, 6) is -0.269.